The van der Waals surface area contributed by atoms with Crippen LogP contribution in [-0.2, 0) is 9.59 Å². The SMILES string of the molecule is CNC(=O)[C@@H](C)NC(=O)C1CC1. The molecule has 12 heavy (non-hydrogen) atoms. The molecule has 1 aliphatic rings. The molecule has 0 saturated heterocycles. The Balaban J connectivity index is 2.29. The smallest absolute Gasteiger partial charge is 0.242 e. The van der Waals surface area contributed by atoms with Crippen molar-refractivity contribution in [2.75, 3.05) is 7.05 Å². The van der Waals surface area contributed by atoms with Gasteiger partial charge in [-0.1, -0.05) is 0 Å². The Morgan fingerprint density at radius 2 is 2.00 bits per heavy atom. The van der Waals surface area contributed by atoms with E-state index in [0.29, 0.717) is 0 Å². The van der Waals surface area contributed by atoms with Crippen LogP contribution in [0.4, 0.5) is 0 Å². The van der Waals surface area contributed by atoms with E-state index in [1.165, 1.54) is 0 Å². The van der Waals surface area contributed by atoms with Gasteiger partial charge in [0.25, 0.3) is 0 Å². The highest BCUT2D eigenvalue weighted by Gasteiger charge is 2.31. The van der Waals surface area contributed by atoms with E-state index in [2.05, 4.69) is 10.6 Å². The Morgan fingerprint density at radius 3 is 2.42 bits per heavy atom. The molecule has 4 heteroatoms. The molecule has 1 atom stereocenters. The van der Waals surface area contributed by atoms with Gasteiger partial charge in [0.1, 0.15) is 6.04 Å². The van der Waals surface area contributed by atoms with Crippen LogP contribution in [0.1, 0.15) is 19.8 Å². The summed E-state index contributed by atoms with van der Waals surface area (Å²) in [6.45, 7) is 1.68. The quantitative estimate of drug-likeness (QED) is 0.608. The molecule has 0 heterocycles. The highest BCUT2D eigenvalue weighted by Crippen LogP contribution is 2.28. The lowest BCUT2D eigenvalue weighted by molar-refractivity contribution is -0.128. The first kappa shape index (κ1) is 9.03. The maximum Gasteiger partial charge on any atom is 0.242 e. The summed E-state index contributed by atoms with van der Waals surface area (Å²) >= 11 is 0. The van der Waals surface area contributed by atoms with E-state index >= 15 is 0 Å². The van der Waals surface area contributed by atoms with Gasteiger partial charge in [-0.3, -0.25) is 9.59 Å². The van der Waals surface area contributed by atoms with Gasteiger partial charge in [-0.2, -0.15) is 0 Å². The van der Waals surface area contributed by atoms with Crippen LogP contribution in [0, 0.1) is 5.92 Å². The summed E-state index contributed by atoms with van der Waals surface area (Å²) in [5.41, 5.74) is 0. The number of carbonyl (C=O) groups is 2. The monoisotopic (exact) mass is 170 g/mol. The predicted molar refractivity (Wildman–Crippen MR) is 44.4 cm³/mol. The fraction of sp³-hybridized carbons (Fsp3) is 0.750. The molecular formula is C8H14N2O2. The molecule has 1 fully saturated rings. The van der Waals surface area contributed by atoms with Crippen LogP contribution in [0.5, 0.6) is 0 Å². The molecule has 0 aromatic rings. The average Bonchev–Trinajstić information content (AvgIpc) is 2.84. The molecule has 1 saturated carbocycles. The summed E-state index contributed by atoms with van der Waals surface area (Å²) in [5, 5.41) is 5.12. The maximum atomic E-state index is 11.1. The lowest BCUT2D eigenvalue weighted by atomic mass is 10.3. The molecular weight excluding hydrogens is 156 g/mol. The molecule has 0 aliphatic heterocycles. The highest BCUT2D eigenvalue weighted by molar-refractivity contribution is 5.88. The van der Waals surface area contributed by atoms with Gasteiger partial charge in [0.15, 0.2) is 0 Å². The fourth-order valence-corrected chi connectivity index (χ4v) is 0.959. The zero-order valence-electron chi connectivity index (χ0n) is 7.39. The van der Waals surface area contributed by atoms with Gasteiger partial charge in [-0.05, 0) is 19.8 Å². The summed E-state index contributed by atoms with van der Waals surface area (Å²) in [7, 11) is 1.56. The van der Waals surface area contributed by atoms with E-state index in [-0.39, 0.29) is 17.7 Å². The first-order valence-electron chi connectivity index (χ1n) is 4.17. The second-order valence-electron chi connectivity index (χ2n) is 3.12. The van der Waals surface area contributed by atoms with Gasteiger partial charge in [0, 0.05) is 13.0 Å². The minimum Gasteiger partial charge on any atom is -0.357 e. The molecule has 0 spiro atoms. The predicted octanol–water partition coefficient (Wildman–Crippen LogP) is -0.353. The third-order valence-corrected chi connectivity index (χ3v) is 1.95. The molecule has 2 N–H and O–H groups in total. The van der Waals surface area contributed by atoms with Crippen LogP contribution in [0.15, 0.2) is 0 Å². The minimum absolute atomic E-state index is 0.00565. The van der Waals surface area contributed by atoms with Crippen molar-refractivity contribution in [2.24, 2.45) is 5.92 Å². The number of carbonyl (C=O) groups excluding carboxylic acids is 2. The molecule has 4 nitrogen and oxygen atoms in total. The summed E-state index contributed by atoms with van der Waals surface area (Å²) in [6, 6.07) is -0.414. The zero-order chi connectivity index (χ0) is 9.14. The van der Waals surface area contributed by atoms with Crippen molar-refractivity contribution in [3.63, 3.8) is 0 Å². The Morgan fingerprint density at radius 1 is 1.42 bits per heavy atom. The second-order valence-corrected chi connectivity index (χ2v) is 3.12. The lowest BCUT2D eigenvalue weighted by Crippen LogP contribution is -2.44. The highest BCUT2D eigenvalue weighted by atomic mass is 16.2. The van der Waals surface area contributed by atoms with Crippen molar-refractivity contribution in [3.05, 3.63) is 0 Å². The van der Waals surface area contributed by atoms with Gasteiger partial charge >= 0.3 is 0 Å². The van der Waals surface area contributed by atoms with E-state index < -0.39 is 6.04 Å². The minimum atomic E-state index is -0.414. The van der Waals surface area contributed by atoms with Crippen LogP contribution < -0.4 is 10.6 Å². The van der Waals surface area contributed by atoms with E-state index in [1.54, 1.807) is 14.0 Å². The fourth-order valence-electron chi connectivity index (χ4n) is 0.959. The van der Waals surface area contributed by atoms with Gasteiger partial charge in [-0.15, -0.1) is 0 Å². The van der Waals surface area contributed by atoms with Crippen LogP contribution >= 0.6 is 0 Å². The second kappa shape index (κ2) is 3.56. The first-order valence-corrected chi connectivity index (χ1v) is 4.17. The van der Waals surface area contributed by atoms with Crippen molar-refractivity contribution in [3.8, 4) is 0 Å². The molecule has 2 amide bonds. The number of amides is 2. The molecule has 0 radical (unpaired) electrons. The largest absolute Gasteiger partial charge is 0.357 e. The van der Waals surface area contributed by atoms with Gasteiger partial charge in [-0.25, -0.2) is 0 Å². The number of hydrogen-bond acceptors (Lipinski definition) is 2. The summed E-state index contributed by atoms with van der Waals surface area (Å²) < 4.78 is 0. The Bertz CT molecular complexity index is 199. The molecule has 0 aromatic heterocycles. The normalized spacial score (nSPS) is 18.2. The average molecular weight is 170 g/mol. The van der Waals surface area contributed by atoms with E-state index in [4.69, 9.17) is 0 Å². The molecule has 0 aromatic carbocycles. The van der Waals surface area contributed by atoms with Crippen molar-refractivity contribution in [2.45, 2.75) is 25.8 Å². The third-order valence-electron chi connectivity index (χ3n) is 1.95. The van der Waals surface area contributed by atoms with Crippen molar-refractivity contribution < 1.29 is 9.59 Å². The van der Waals surface area contributed by atoms with Crippen LogP contribution in [0.3, 0.4) is 0 Å². The molecule has 1 aliphatic carbocycles. The lowest BCUT2D eigenvalue weighted by Gasteiger charge is -2.11. The van der Waals surface area contributed by atoms with Crippen LogP contribution in [0.2, 0.25) is 0 Å². The summed E-state index contributed by atoms with van der Waals surface area (Å²) in [6.07, 6.45) is 1.93. The maximum absolute atomic E-state index is 11.1. The number of hydrogen-bond donors (Lipinski definition) is 2. The first-order chi connectivity index (χ1) is 5.65. The van der Waals surface area contributed by atoms with E-state index in [0.717, 1.165) is 12.8 Å². The number of nitrogens with one attached hydrogen (secondary N) is 2. The summed E-state index contributed by atoms with van der Waals surface area (Å²) in [4.78, 5) is 22.1. The Hall–Kier alpha value is -1.06. The Kier molecular flexibility index (Phi) is 2.68. The van der Waals surface area contributed by atoms with Crippen molar-refractivity contribution in [1.82, 2.24) is 10.6 Å². The van der Waals surface area contributed by atoms with Crippen molar-refractivity contribution >= 4 is 11.8 Å². The third kappa shape index (κ3) is 2.22. The molecule has 68 valence electrons. The number of likely N-dealkylation sites (N-methyl/N-ethyl adjacent to an activating group) is 1. The van der Waals surface area contributed by atoms with Crippen molar-refractivity contribution in [1.29, 1.82) is 0 Å². The van der Waals surface area contributed by atoms with E-state index in [9.17, 15) is 9.59 Å². The molecule has 0 bridgehead atoms. The molecule has 1 rings (SSSR count). The number of rotatable bonds is 3. The summed E-state index contributed by atoms with van der Waals surface area (Å²) in [5.74, 6) is 0.0206. The van der Waals surface area contributed by atoms with Crippen LogP contribution in [-0.4, -0.2) is 24.9 Å². The van der Waals surface area contributed by atoms with Gasteiger partial charge in [0.2, 0.25) is 11.8 Å². The van der Waals surface area contributed by atoms with Gasteiger partial charge in [0.05, 0.1) is 0 Å². The van der Waals surface area contributed by atoms with Gasteiger partial charge < -0.3 is 10.6 Å². The molecule has 0 unspecified atom stereocenters. The Labute approximate surface area is 71.7 Å². The van der Waals surface area contributed by atoms with E-state index in [1.807, 2.05) is 0 Å². The zero-order valence-corrected chi connectivity index (χ0v) is 7.39. The topological polar surface area (TPSA) is 58.2 Å². The van der Waals surface area contributed by atoms with Crippen LogP contribution in [0.25, 0.3) is 0 Å². The standard InChI is InChI=1S/C8H14N2O2/c1-5(7(11)9-2)10-8(12)6-3-4-6/h5-6H,3-4H2,1-2H3,(H,9,11)(H,10,12)/t5-/m1/s1.